The zero-order valence-corrected chi connectivity index (χ0v) is 18.7. The predicted molar refractivity (Wildman–Crippen MR) is 119 cm³/mol. The van der Waals surface area contributed by atoms with E-state index in [2.05, 4.69) is 15.5 Å². The minimum Gasteiger partial charge on any atom is -0.296 e. The summed E-state index contributed by atoms with van der Waals surface area (Å²) in [5.74, 6) is 0.309. The molecule has 11 heteroatoms. The van der Waals surface area contributed by atoms with E-state index in [4.69, 9.17) is 11.6 Å². The van der Waals surface area contributed by atoms with Crippen LogP contribution in [0.15, 0.2) is 52.9 Å². The van der Waals surface area contributed by atoms with Crippen molar-refractivity contribution in [3.05, 3.63) is 64.7 Å². The van der Waals surface area contributed by atoms with E-state index in [0.29, 0.717) is 10.8 Å². The van der Waals surface area contributed by atoms with Gasteiger partial charge in [0.15, 0.2) is 4.34 Å². The van der Waals surface area contributed by atoms with Crippen molar-refractivity contribution >= 4 is 61.4 Å². The van der Waals surface area contributed by atoms with Crippen molar-refractivity contribution in [2.45, 2.75) is 10.1 Å². The molecule has 0 spiro atoms. The maximum absolute atomic E-state index is 12.5. The van der Waals surface area contributed by atoms with Crippen LogP contribution in [0, 0.1) is 0 Å². The van der Waals surface area contributed by atoms with Crippen molar-refractivity contribution in [2.75, 3.05) is 22.9 Å². The van der Waals surface area contributed by atoms with Crippen molar-refractivity contribution in [2.24, 2.45) is 0 Å². The lowest BCUT2D eigenvalue weighted by Gasteiger charge is -2.17. The first-order chi connectivity index (χ1) is 13.7. The molecule has 1 N–H and O–H groups in total. The maximum Gasteiger partial charge on any atom is 0.259 e. The molecule has 0 saturated heterocycles. The van der Waals surface area contributed by atoms with Crippen molar-refractivity contribution in [3.8, 4) is 0 Å². The quantitative estimate of drug-likeness (QED) is 0.414. The summed E-state index contributed by atoms with van der Waals surface area (Å²) in [7, 11) is -2.01. The fraction of sp³-hybridized carbons (Fsp3) is 0.167. The van der Waals surface area contributed by atoms with Crippen LogP contribution >= 0.6 is 34.7 Å². The number of sulfonamides is 1. The largest absolute Gasteiger partial charge is 0.296 e. The molecule has 0 fully saturated rings. The van der Waals surface area contributed by atoms with Crippen LogP contribution in [-0.4, -0.2) is 37.8 Å². The molecule has 0 saturated carbocycles. The van der Waals surface area contributed by atoms with E-state index < -0.39 is 15.9 Å². The zero-order chi connectivity index (χ0) is 21.0. The minimum absolute atomic E-state index is 0.138. The molecule has 1 heterocycles. The average Bonchev–Trinajstić information content (AvgIpc) is 3.13. The number of halogens is 1. The number of carbonyl (C=O) groups is 1. The van der Waals surface area contributed by atoms with E-state index in [0.717, 1.165) is 20.7 Å². The Morgan fingerprint density at radius 1 is 1.21 bits per heavy atom. The van der Waals surface area contributed by atoms with Crippen LogP contribution in [0.1, 0.15) is 15.9 Å². The van der Waals surface area contributed by atoms with Crippen molar-refractivity contribution in [1.82, 2.24) is 10.2 Å². The molecule has 152 valence electrons. The second kappa shape index (κ2) is 9.12. The van der Waals surface area contributed by atoms with Gasteiger partial charge in [-0.05, 0) is 23.8 Å². The number of hydrogen-bond acceptors (Lipinski definition) is 7. The Bertz CT molecular complexity index is 1120. The Balaban J connectivity index is 1.65. The molecule has 0 unspecified atom stereocenters. The number of nitrogens with zero attached hydrogens (tertiary/aromatic N) is 3. The first-order valence-electron chi connectivity index (χ1n) is 8.29. The Labute approximate surface area is 182 Å². The fourth-order valence-corrected chi connectivity index (χ4v) is 4.74. The number of thioether (sulfide) groups is 1. The minimum atomic E-state index is -3.42. The van der Waals surface area contributed by atoms with Crippen LogP contribution in [-0.2, 0) is 15.8 Å². The van der Waals surface area contributed by atoms with Crippen molar-refractivity contribution in [1.29, 1.82) is 0 Å². The SMILES string of the molecule is CN(c1ccc(C(=O)Nc2nnc(SCc3ccccc3)s2)c(Cl)c1)S(C)(=O)=O. The Morgan fingerprint density at radius 2 is 1.93 bits per heavy atom. The number of carbonyl (C=O) groups excluding carboxylic acids is 1. The van der Waals surface area contributed by atoms with Gasteiger partial charge in [0.1, 0.15) is 0 Å². The monoisotopic (exact) mass is 468 g/mol. The van der Waals surface area contributed by atoms with Crippen LogP contribution in [0.25, 0.3) is 0 Å². The summed E-state index contributed by atoms with van der Waals surface area (Å²) in [6.07, 6.45) is 1.09. The molecule has 0 bridgehead atoms. The molecule has 3 aromatic rings. The van der Waals surface area contributed by atoms with Gasteiger partial charge in [-0.1, -0.05) is 65.0 Å². The van der Waals surface area contributed by atoms with Gasteiger partial charge in [-0.15, -0.1) is 10.2 Å². The van der Waals surface area contributed by atoms with Gasteiger partial charge in [0, 0.05) is 12.8 Å². The van der Waals surface area contributed by atoms with Crippen LogP contribution in [0.4, 0.5) is 10.8 Å². The van der Waals surface area contributed by atoms with E-state index >= 15 is 0 Å². The number of hydrogen-bond donors (Lipinski definition) is 1. The highest BCUT2D eigenvalue weighted by Crippen LogP contribution is 2.29. The lowest BCUT2D eigenvalue weighted by molar-refractivity contribution is 0.102. The summed E-state index contributed by atoms with van der Waals surface area (Å²) in [5.41, 5.74) is 1.75. The molecule has 29 heavy (non-hydrogen) atoms. The maximum atomic E-state index is 12.5. The molecule has 0 atom stereocenters. The highest BCUT2D eigenvalue weighted by atomic mass is 35.5. The Kier molecular flexibility index (Phi) is 6.78. The molecule has 2 aromatic carbocycles. The lowest BCUT2D eigenvalue weighted by atomic mass is 10.2. The summed E-state index contributed by atoms with van der Waals surface area (Å²) in [6, 6.07) is 14.4. The second-order valence-electron chi connectivity index (χ2n) is 6.00. The molecule has 0 aliphatic rings. The molecule has 0 aliphatic carbocycles. The van der Waals surface area contributed by atoms with Crippen LogP contribution < -0.4 is 9.62 Å². The molecule has 1 amide bonds. The highest BCUT2D eigenvalue weighted by Gasteiger charge is 2.17. The molecular formula is C18H17ClN4O3S3. The van der Waals surface area contributed by atoms with Crippen LogP contribution in [0.5, 0.6) is 0 Å². The molecule has 0 radical (unpaired) electrons. The van der Waals surface area contributed by atoms with E-state index in [-0.39, 0.29) is 10.6 Å². The van der Waals surface area contributed by atoms with Gasteiger partial charge in [0.2, 0.25) is 15.2 Å². The molecule has 3 rings (SSSR count). The summed E-state index contributed by atoms with van der Waals surface area (Å²) in [5, 5.41) is 11.2. The van der Waals surface area contributed by atoms with E-state index in [1.54, 1.807) is 0 Å². The van der Waals surface area contributed by atoms with Gasteiger partial charge in [0.25, 0.3) is 5.91 Å². The third-order valence-electron chi connectivity index (χ3n) is 3.89. The topological polar surface area (TPSA) is 92.3 Å². The van der Waals surface area contributed by atoms with Gasteiger partial charge in [-0.3, -0.25) is 14.4 Å². The van der Waals surface area contributed by atoms with Gasteiger partial charge in [-0.2, -0.15) is 0 Å². The van der Waals surface area contributed by atoms with E-state index in [9.17, 15) is 13.2 Å². The van der Waals surface area contributed by atoms with E-state index in [1.165, 1.54) is 53.9 Å². The number of amides is 1. The Morgan fingerprint density at radius 3 is 2.59 bits per heavy atom. The second-order valence-corrected chi connectivity index (χ2v) is 10.6. The van der Waals surface area contributed by atoms with Gasteiger partial charge in [0.05, 0.1) is 22.5 Å². The standard InChI is InChI=1S/C18H17ClN4O3S3/c1-23(29(2,25)26)13-8-9-14(15(19)10-13)16(24)20-17-21-22-18(28-17)27-11-12-6-4-3-5-7-12/h3-10H,11H2,1-2H3,(H,20,21,24). The molecule has 0 aliphatic heterocycles. The zero-order valence-electron chi connectivity index (χ0n) is 15.5. The number of aromatic nitrogens is 2. The fourth-order valence-electron chi connectivity index (χ4n) is 2.28. The van der Waals surface area contributed by atoms with Gasteiger partial charge >= 0.3 is 0 Å². The number of nitrogens with one attached hydrogen (secondary N) is 1. The summed E-state index contributed by atoms with van der Waals surface area (Å²) < 4.78 is 25.1. The molecule has 7 nitrogen and oxygen atoms in total. The Hall–Kier alpha value is -2.14. The van der Waals surface area contributed by atoms with Gasteiger partial charge in [-0.25, -0.2) is 8.42 Å². The lowest BCUT2D eigenvalue weighted by Crippen LogP contribution is -2.25. The summed E-state index contributed by atoms with van der Waals surface area (Å²) in [6.45, 7) is 0. The summed E-state index contributed by atoms with van der Waals surface area (Å²) in [4.78, 5) is 12.5. The van der Waals surface area contributed by atoms with Crippen LogP contribution in [0.2, 0.25) is 5.02 Å². The highest BCUT2D eigenvalue weighted by molar-refractivity contribution is 8.00. The number of anilines is 2. The number of benzene rings is 2. The number of rotatable bonds is 7. The molecule has 1 aromatic heterocycles. The predicted octanol–water partition coefficient (Wildman–Crippen LogP) is 4.13. The first-order valence-corrected chi connectivity index (χ1v) is 12.3. The van der Waals surface area contributed by atoms with Crippen LogP contribution in [0.3, 0.4) is 0 Å². The van der Waals surface area contributed by atoms with Gasteiger partial charge < -0.3 is 0 Å². The van der Waals surface area contributed by atoms with Crippen molar-refractivity contribution in [3.63, 3.8) is 0 Å². The summed E-state index contributed by atoms with van der Waals surface area (Å²) >= 11 is 8.99. The van der Waals surface area contributed by atoms with E-state index in [1.807, 2.05) is 30.3 Å². The van der Waals surface area contributed by atoms with Crippen molar-refractivity contribution < 1.29 is 13.2 Å². The first kappa shape index (κ1) is 21.6. The average molecular weight is 469 g/mol. The smallest absolute Gasteiger partial charge is 0.259 e. The molecular weight excluding hydrogens is 452 g/mol. The normalized spacial score (nSPS) is 11.3. The third kappa shape index (κ3) is 5.69. The third-order valence-corrected chi connectivity index (χ3v) is 7.45.